The zero-order chi connectivity index (χ0) is 11.0. The van der Waals surface area contributed by atoms with Gasteiger partial charge >= 0.3 is 0 Å². The molecule has 14 heavy (non-hydrogen) atoms. The van der Waals surface area contributed by atoms with Gasteiger partial charge in [0.1, 0.15) is 6.10 Å². The van der Waals surface area contributed by atoms with E-state index in [0.717, 1.165) is 25.7 Å². The van der Waals surface area contributed by atoms with Crippen molar-refractivity contribution in [3.63, 3.8) is 0 Å². The summed E-state index contributed by atoms with van der Waals surface area (Å²) in [5, 5.41) is 0. The normalized spacial score (nSPS) is 15.1. The van der Waals surface area contributed by atoms with Gasteiger partial charge in [0.25, 0.3) is 0 Å². The van der Waals surface area contributed by atoms with Crippen LogP contribution in [-0.4, -0.2) is 18.5 Å². The molecular weight excluding hydrogens is 176 g/mol. The molecule has 2 unspecified atom stereocenters. The summed E-state index contributed by atoms with van der Waals surface area (Å²) >= 11 is 0. The minimum atomic E-state index is -0.161. The van der Waals surface area contributed by atoms with Crippen molar-refractivity contribution in [2.24, 2.45) is 5.92 Å². The minimum Gasteiger partial charge on any atom is -0.371 e. The van der Waals surface area contributed by atoms with Crippen molar-refractivity contribution in [2.75, 3.05) is 6.61 Å². The predicted octanol–water partition coefficient (Wildman–Crippen LogP) is 3.20. The highest BCUT2D eigenvalue weighted by atomic mass is 16.5. The fourth-order valence-electron chi connectivity index (χ4n) is 1.66. The Hall–Kier alpha value is -0.370. The van der Waals surface area contributed by atoms with Gasteiger partial charge in [0.15, 0.2) is 5.78 Å². The lowest BCUT2D eigenvalue weighted by atomic mass is 9.95. The van der Waals surface area contributed by atoms with Gasteiger partial charge in [0.05, 0.1) is 0 Å². The van der Waals surface area contributed by atoms with Gasteiger partial charge in [0, 0.05) is 12.5 Å². The van der Waals surface area contributed by atoms with E-state index in [2.05, 4.69) is 13.8 Å². The Balaban J connectivity index is 4.11. The third-order valence-corrected chi connectivity index (χ3v) is 2.44. The topological polar surface area (TPSA) is 26.3 Å². The average molecular weight is 200 g/mol. The van der Waals surface area contributed by atoms with E-state index in [1.807, 2.05) is 13.8 Å². The summed E-state index contributed by atoms with van der Waals surface area (Å²) in [5.41, 5.74) is 0. The van der Waals surface area contributed by atoms with Crippen molar-refractivity contribution in [2.45, 2.75) is 59.5 Å². The molecule has 0 spiro atoms. The number of hydrogen-bond acceptors (Lipinski definition) is 2. The van der Waals surface area contributed by atoms with Crippen LogP contribution in [0.5, 0.6) is 0 Å². The Morgan fingerprint density at radius 2 is 1.71 bits per heavy atom. The molecule has 0 aliphatic rings. The van der Waals surface area contributed by atoms with Crippen molar-refractivity contribution in [3.05, 3.63) is 0 Å². The Labute approximate surface area is 88.0 Å². The van der Waals surface area contributed by atoms with Crippen molar-refractivity contribution in [3.8, 4) is 0 Å². The van der Waals surface area contributed by atoms with Crippen LogP contribution in [0, 0.1) is 5.92 Å². The monoisotopic (exact) mass is 200 g/mol. The fraction of sp³-hybridized carbons (Fsp3) is 0.917. The molecule has 0 aliphatic carbocycles. The van der Waals surface area contributed by atoms with Crippen molar-refractivity contribution < 1.29 is 9.53 Å². The molecule has 0 heterocycles. The molecule has 0 amide bonds. The lowest BCUT2D eigenvalue weighted by Gasteiger charge is -2.18. The highest BCUT2D eigenvalue weighted by Gasteiger charge is 2.22. The Bertz CT molecular complexity index is 148. The maximum Gasteiger partial charge on any atom is 0.164 e. The molecule has 0 saturated carbocycles. The summed E-state index contributed by atoms with van der Waals surface area (Å²) in [6.07, 6.45) is 3.76. The summed E-state index contributed by atoms with van der Waals surface area (Å²) in [5.74, 6) is 0.443. The molecule has 2 nitrogen and oxygen atoms in total. The van der Waals surface area contributed by atoms with Crippen LogP contribution in [0.1, 0.15) is 53.4 Å². The van der Waals surface area contributed by atoms with Crippen LogP contribution in [0.3, 0.4) is 0 Å². The minimum absolute atomic E-state index is 0.156. The van der Waals surface area contributed by atoms with Crippen LogP contribution in [0.2, 0.25) is 0 Å². The van der Waals surface area contributed by atoms with Gasteiger partial charge < -0.3 is 4.74 Å². The Kier molecular flexibility index (Phi) is 7.77. The van der Waals surface area contributed by atoms with E-state index in [-0.39, 0.29) is 17.8 Å². The van der Waals surface area contributed by atoms with Gasteiger partial charge in [-0.1, -0.05) is 33.6 Å². The van der Waals surface area contributed by atoms with Gasteiger partial charge in [-0.05, 0) is 19.8 Å². The Morgan fingerprint density at radius 3 is 2.14 bits per heavy atom. The van der Waals surface area contributed by atoms with Crippen LogP contribution in [0.4, 0.5) is 0 Å². The lowest BCUT2D eigenvalue weighted by molar-refractivity contribution is -0.134. The molecule has 0 fully saturated rings. The van der Waals surface area contributed by atoms with Crippen LogP contribution in [0.15, 0.2) is 0 Å². The lowest BCUT2D eigenvalue weighted by Crippen LogP contribution is -2.29. The maximum atomic E-state index is 11.9. The van der Waals surface area contributed by atoms with E-state index in [0.29, 0.717) is 6.61 Å². The fourth-order valence-corrected chi connectivity index (χ4v) is 1.66. The molecule has 84 valence electrons. The zero-order valence-corrected chi connectivity index (χ0v) is 10.0. The summed E-state index contributed by atoms with van der Waals surface area (Å²) in [6.45, 7) is 8.78. The Morgan fingerprint density at radius 1 is 1.14 bits per heavy atom. The van der Waals surface area contributed by atoms with Gasteiger partial charge in [-0.3, -0.25) is 4.79 Å². The quantitative estimate of drug-likeness (QED) is 0.601. The number of carbonyl (C=O) groups excluding carboxylic acids is 1. The third kappa shape index (κ3) is 4.75. The van der Waals surface area contributed by atoms with Crippen molar-refractivity contribution >= 4 is 5.78 Å². The molecule has 2 atom stereocenters. The highest BCUT2D eigenvalue weighted by Crippen LogP contribution is 2.14. The molecule has 2 heteroatoms. The zero-order valence-electron chi connectivity index (χ0n) is 10.0. The van der Waals surface area contributed by atoms with E-state index >= 15 is 0 Å². The molecule has 0 aliphatic heterocycles. The molecule has 0 rings (SSSR count). The number of rotatable bonds is 8. The van der Waals surface area contributed by atoms with Crippen LogP contribution in [-0.2, 0) is 9.53 Å². The second-order valence-corrected chi connectivity index (χ2v) is 3.82. The smallest absolute Gasteiger partial charge is 0.164 e. The second kappa shape index (κ2) is 7.98. The molecule has 0 N–H and O–H groups in total. The van der Waals surface area contributed by atoms with E-state index in [1.54, 1.807) is 0 Å². The predicted molar refractivity (Wildman–Crippen MR) is 59.4 cm³/mol. The highest BCUT2D eigenvalue weighted by molar-refractivity contribution is 5.85. The van der Waals surface area contributed by atoms with Crippen molar-refractivity contribution in [1.82, 2.24) is 0 Å². The van der Waals surface area contributed by atoms with Gasteiger partial charge in [-0.2, -0.15) is 0 Å². The van der Waals surface area contributed by atoms with Gasteiger partial charge in [0.2, 0.25) is 0 Å². The molecule has 0 saturated heterocycles. The molecule has 0 aromatic heterocycles. The second-order valence-electron chi connectivity index (χ2n) is 3.82. The van der Waals surface area contributed by atoms with Crippen LogP contribution < -0.4 is 0 Å². The largest absolute Gasteiger partial charge is 0.371 e. The van der Waals surface area contributed by atoms with E-state index in [4.69, 9.17) is 4.74 Å². The molecule has 0 bridgehead atoms. The number of ether oxygens (including phenoxy) is 1. The van der Waals surface area contributed by atoms with Crippen LogP contribution >= 0.6 is 0 Å². The summed E-state index contributed by atoms with van der Waals surface area (Å²) in [6, 6.07) is 0. The first kappa shape index (κ1) is 13.6. The number of hydrogen-bond donors (Lipinski definition) is 0. The first-order valence-corrected chi connectivity index (χ1v) is 5.82. The maximum absolute atomic E-state index is 11.9. The molecular formula is C12H24O2. The number of ketones is 1. The average Bonchev–Trinajstić information content (AvgIpc) is 2.17. The van der Waals surface area contributed by atoms with E-state index < -0.39 is 0 Å². The third-order valence-electron chi connectivity index (χ3n) is 2.44. The number of Topliss-reactive ketones (excluding diaryl/α,β-unsaturated/α-hetero) is 1. The summed E-state index contributed by atoms with van der Waals surface area (Å²) in [7, 11) is 0. The van der Waals surface area contributed by atoms with Gasteiger partial charge in [-0.25, -0.2) is 0 Å². The van der Waals surface area contributed by atoms with E-state index in [1.165, 1.54) is 0 Å². The van der Waals surface area contributed by atoms with Crippen LogP contribution in [0.25, 0.3) is 0 Å². The first-order chi connectivity index (χ1) is 6.67. The van der Waals surface area contributed by atoms with Crippen molar-refractivity contribution in [1.29, 1.82) is 0 Å². The first-order valence-electron chi connectivity index (χ1n) is 5.82. The SMILES string of the molecule is CCCC(C)C(=O)C(CCC)OCC. The number of carbonyl (C=O) groups is 1. The molecule has 0 aromatic carbocycles. The summed E-state index contributed by atoms with van der Waals surface area (Å²) < 4.78 is 5.46. The standard InChI is InChI=1S/C12H24O2/c1-5-8-10(4)12(13)11(9-6-2)14-7-3/h10-11H,5-9H2,1-4H3. The molecule has 0 radical (unpaired) electrons. The van der Waals surface area contributed by atoms with E-state index in [9.17, 15) is 4.79 Å². The van der Waals surface area contributed by atoms with Gasteiger partial charge in [-0.15, -0.1) is 0 Å². The summed E-state index contributed by atoms with van der Waals surface area (Å²) in [4.78, 5) is 11.9. The molecule has 0 aromatic rings.